The number of nitrogens with one attached hydrogen (secondary N) is 1. The number of hydrogen-bond donors (Lipinski definition) is 1. The van der Waals surface area contributed by atoms with Gasteiger partial charge >= 0.3 is 13.2 Å². The summed E-state index contributed by atoms with van der Waals surface area (Å²) in [6.45, 7) is 14.8. The first-order valence-electron chi connectivity index (χ1n) is 13.2. The molecule has 0 aromatic carbocycles. The molecule has 3 heterocycles. The molecule has 0 spiro atoms. The number of likely N-dealkylation sites (tertiary alicyclic amines) is 2. The zero-order valence-corrected chi connectivity index (χ0v) is 21.8. The quantitative estimate of drug-likeness (QED) is 0.630. The maximum absolute atomic E-state index is 13.2. The summed E-state index contributed by atoms with van der Waals surface area (Å²) in [5.41, 5.74) is -0.432. The van der Waals surface area contributed by atoms with Gasteiger partial charge in [-0.05, 0) is 77.0 Å². The zero-order chi connectivity index (χ0) is 24.5. The van der Waals surface area contributed by atoms with Crippen LogP contribution in [0.4, 0.5) is 4.79 Å². The van der Waals surface area contributed by atoms with E-state index in [1.165, 1.54) is 6.42 Å². The highest BCUT2D eigenvalue weighted by atomic mass is 16.7. The summed E-state index contributed by atoms with van der Waals surface area (Å²) in [6.07, 6.45) is 4.88. The van der Waals surface area contributed by atoms with E-state index < -0.39 is 5.60 Å². The fourth-order valence-corrected chi connectivity index (χ4v) is 7.20. The Morgan fingerprint density at radius 3 is 2.62 bits per heavy atom. The van der Waals surface area contributed by atoms with Crippen LogP contribution in [0.15, 0.2) is 0 Å². The Bertz CT molecular complexity index is 832. The van der Waals surface area contributed by atoms with Gasteiger partial charge in [-0.25, -0.2) is 4.79 Å². The standard InChI is InChI=1S/C25H42BN3O5/c1-23(2,3)32-22(31)28-11-9-17(15-28)27-14-21(30)29-10-7-8-20(29)26-33-19-13-16-12-18(24(16,4)5)25(19,6)34-26/h16-20,27H,7-15H2,1-6H3/t16?,17-,18?,19-,20+,25+/m1/s1. The normalized spacial score (nSPS) is 38.6. The predicted molar refractivity (Wildman–Crippen MR) is 129 cm³/mol. The van der Waals surface area contributed by atoms with Gasteiger partial charge in [0.05, 0.1) is 24.2 Å². The Labute approximate surface area is 204 Å². The molecule has 190 valence electrons. The van der Waals surface area contributed by atoms with Crippen molar-refractivity contribution in [3.63, 3.8) is 0 Å². The topological polar surface area (TPSA) is 80.3 Å². The third-order valence-corrected chi connectivity index (χ3v) is 9.28. The molecule has 3 aliphatic heterocycles. The number of hydrogen-bond acceptors (Lipinski definition) is 6. The Kier molecular flexibility index (Phi) is 6.01. The van der Waals surface area contributed by atoms with E-state index in [4.69, 9.17) is 14.0 Å². The molecule has 2 unspecified atom stereocenters. The lowest BCUT2D eigenvalue weighted by molar-refractivity contribution is -0.199. The second kappa shape index (κ2) is 8.37. The molecule has 6 atom stereocenters. The van der Waals surface area contributed by atoms with E-state index in [0.717, 1.165) is 38.1 Å². The van der Waals surface area contributed by atoms with Crippen LogP contribution in [0.25, 0.3) is 0 Å². The van der Waals surface area contributed by atoms with Crippen molar-refractivity contribution in [1.29, 1.82) is 0 Å². The molecule has 2 bridgehead atoms. The van der Waals surface area contributed by atoms with E-state index in [0.29, 0.717) is 24.4 Å². The van der Waals surface area contributed by atoms with E-state index >= 15 is 0 Å². The second-order valence-electron chi connectivity index (χ2n) is 12.9. The van der Waals surface area contributed by atoms with Crippen molar-refractivity contribution in [2.75, 3.05) is 26.2 Å². The van der Waals surface area contributed by atoms with E-state index in [1.807, 2.05) is 25.7 Å². The molecule has 8 nitrogen and oxygen atoms in total. The van der Waals surface area contributed by atoms with Gasteiger partial charge in [-0.3, -0.25) is 4.79 Å². The van der Waals surface area contributed by atoms with Crippen LogP contribution in [0.3, 0.4) is 0 Å². The molecule has 0 radical (unpaired) electrons. The average molecular weight is 475 g/mol. The molecule has 6 rings (SSSR count). The molecule has 0 aromatic rings. The maximum atomic E-state index is 13.2. The van der Waals surface area contributed by atoms with Gasteiger partial charge in [0.25, 0.3) is 0 Å². The number of ether oxygens (including phenoxy) is 1. The molecule has 0 aromatic heterocycles. The molecular weight excluding hydrogens is 433 g/mol. The van der Waals surface area contributed by atoms with E-state index in [1.54, 1.807) is 4.90 Å². The van der Waals surface area contributed by atoms with Gasteiger partial charge in [-0.1, -0.05) is 13.8 Å². The summed E-state index contributed by atoms with van der Waals surface area (Å²) in [7, 11) is -0.328. The van der Waals surface area contributed by atoms with Crippen molar-refractivity contribution < 1.29 is 23.6 Å². The first-order valence-corrected chi connectivity index (χ1v) is 13.2. The van der Waals surface area contributed by atoms with E-state index in [9.17, 15) is 9.59 Å². The van der Waals surface area contributed by atoms with Gasteiger partial charge in [0, 0.05) is 25.7 Å². The number of rotatable bonds is 4. The lowest BCUT2D eigenvalue weighted by Crippen LogP contribution is -2.65. The second-order valence-corrected chi connectivity index (χ2v) is 12.9. The summed E-state index contributed by atoms with van der Waals surface area (Å²) >= 11 is 0. The number of carbonyl (C=O) groups is 2. The van der Waals surface area contributed by atoms with Crippen molar-refractivity contribution in [2.45, 2.75) is 103 Å². The third kappa shape index (κ3) is 4.15. The van der Waals surface area contributed by atoms with Crippen LogP contribution >= 0.6 is 0 Å². The van der Waals surface area contributed by atoms with E-state index in [2.05, 4.69) is 26.1 Å². The van der Waals surface area contributed by atoms with Gasteiger partial charge in [-0.2, -0.15) is 0 Å². The lowest BCUT2D eigenvalue weighted by Gasteiger charge is -2.64. The SMILES string of the molecule is CC(C)(C)OC(=O)N1CC[C@@H](NCC(=O)N2CCC[C@H]2B2O[C@@H]3CC4CC(C4(C)C)[C@]3(C)O2)C1. The van der Waals surface area contributed by atoms with Gasteiger partial charge < -0.3 is 29.2 Å². The minimum atomic E-state index is -0.502. The molecule has 6 fully saturated rings. The first-order chi connectivity index (χ1) is 15.9. The zero-order valence-electron chi connectivity index (χ0n) is 21.8. The Morgan fingerprint density at radius 1 is 1.15 bits per heavy atom. The van der Waals surface area contributed by atoms with Crippen LogP contribution < -0.4 is 5.32 Å². The van der Waals surface area contributed by atoms with Crippen LogP contribution in [-0.4, -0.2) is 84.4 Å². The maximum Gasteiger partial charge on any atom is 0.481 e. The van der Waals surface area contributed by atoms with Crippen LogP contribution in [0.5, 0.6) is 0 Å². The van der Waals surface area contributed by atoms with Crippen molar-refractivity contribution >= 4 is 19.1 Å². The molecule has 34 heavy (non-hydrogen) atoms. The molecule has 3 aliphatic carbocycles. The summed E-state index contributed by atoms with van der Waals surface area (Å²) < 4.78 is 18.6. The minimum absolute atomic E-state index is 0.0149. The summed E-state index contributed by atoms with van der Waals surface area (Å²) in [5, 5.41) is 3.38. The number of carbonyl (C=O) groups excluding carboxylic acids is 2. The van der Waals surface area contributed by atoms with Gasteiger partial charge in [0.1, 0.15) is 5.60 Å². The van der Waals surface area contributed by atoms with Crippen molar-refractivity contribution in [3.05, 3.63) is 0 Å². The Morgan fingerprint density at radius 2 is 1.91 bits per heavy atom. The van der Waals surface area contributed by atoms with Crippen LogP contribution in [0.1, 0.15) is 73.6 Å². The van der Waals surface area contributed by atoms with Crippen LogP contribution in [0.2, 0.25) is 0 Å². The number of nitrogens with zero attached hydrogens (tertiary/aromatic N) is 2. The average Bonchev–Trinajstić information content (AvgIpc) is 3.47. The van der Waals surface area contributed by atoms with Gasteiger partial charge in [-0.15, -0.1) is 0 Å². The highest BCUT2D eigenvalue weighted by molar-refractivity contribution is 6.48. The molecule has 3 saturated carbocycles. The highest BCUT2D eigenvalue weighted by Crippen LogP contribution is 2.65. The van der Waals surface area contributed by atoms with Crippen molar-refractivity contribution in [2.24, 2.45) is 17.3 Å². The fraction of sp³-hybridized carbons (Fsp3) is 0.920. The third-order valence-electron chi connectivity index (χ3n) is 9.28. The Balaban J connectivity index is 1.13. The van der Waals surface area contributed by atoms with Gasteiger partial charge in [0.15, 0.2) is 0 Å². The molecule has 6 aliphatic rings. The molecule has 1 N–H and O–H groups in total. The summed E-state index contributed by atoms with van der Waals surface area (Å²) in [4.78, 5) is 29.2. The highest BCUT2D eigenvalue weighted by Gasteiger charge is 2.69. The molecule has 9 heteroatoms. The summed E-state index contributed by atoms with van der Waals surface area (Å²) in [6, 6.07) is 0.104. The smallest absolute Gasteiger partial charge is 0.444 e. The lowest BCUT2D eigenvalue weighted by atomic mass is 9.43. The number of amides is 2. The summed E-state index contributed by atoms with van der Waals surface area (Å²) in [5.74, 6) is 1.32. The monoisotopic (exact) mass is 475 g/mol. The van der Waals surface area contributed by atoms with Crippen molar-refractivity contribution in [1.82, 2.24) is 15.1 Å². The fourth-order valence-electron chi connectivity index (χ4n) is 7.20. The molecule has 3 saturated heterocycles. The van der Waals surface area contributed by atoms with E-state index in [-0.39, 0.29) is 49.4 Å². The Hall–Kier alpha value is -1.32. The first kappa shape index (κ1) is 24.4. The van der Waals surface area contributed by atoms with Crippen molar-refractivity contribution in [3.8, 4) is 0 Å². The molecule has 2 amide bonds. The van der Waals surface area contributed by atoms with Crippen LogP contribution in [-0.2, 0) is 18.8 Å². The minimum Gasteiger partial charge on any atom is -0.444 e. The van der Waals surface area contributed by atoms with Crippen LogP contribution in [0, 0.1) is 17.3 Å². The van der Waals surface area contributed by atoms with Gasteiger partial charge in [0.2, 0.25) is 5.91 Å². The largest absolute Gasteiger partial charge is 0.481 e. The predicted octanol–water partition coefficient (Wildman–Crippen LogP) is 2.84. The molecular formula is C25H42BN3O5.